The summed E-state index contributed by atoms with van der Waals surface area (Å²) in [7, 11) is 0. The van der Waals surface area contributed by atoms with Gasteiger partial charge in [0.25, 0.3) is 5.69 Å². The van der Waals surface area contributed by atoms with E-state index in [-0.39, 0.29) is 30.1 Å². The van der Waals surface area contributed by atoms with Crippen molar-refractivity contribution in [3.63, 3.8) is 0 Å². The lowest BCUT2D eigenvalue weighted by Gasteiger charge is -2.06. The molecule has 1 amide bonds. The lowest BCUT2D eigenvalue weighted by atomic mass is 10.2. The van der Waals surface area contributed by atoms with Crippen LogP contribution in [0.15, 0.2) is 51.7 Å². The zero-order chi connectivity index (χ0) is 19.4. The van der Waals surface area contributed by atoms with E-state index >= 15 is 0 Å². The summed E-state index contributed by atoms with van der Waals surface area (Å²) in [5.41, 5.74) is 1.71. The SMILES string of the molecule is C#Cc1cccc(NC(=O)CCCn2c(=O)oc3cc([N+](=O)[O-])ccc32)c1. The van der Waals surface area contributed by atoms with Crippen molar-refractivity contribution in [1.29, 1.82) is 0 Å². The third-order valence-corrected chi connectivity index (χ3v) is 3.96. The Bertz CT molecular complexity index is 1120. The molecule has 1 heterocycles. The van der Waals surface area contributed by atoms with Gasteiger partial charge < -0.3 is 9.73 Å². The molecule has 0 unspecified atom stereocenters. The van der Waals surface area contributed by atoms with E-state index in [9.17, 15) is 19.7 Å². The number of rotatable bonds is 6. The Labute approximate surface area is 153 Å². The molecule has 3 aromatic rings. The lowest BCUT2D eigenvalue weighted by molar-refractivity contribution is -0.384. The van der Waals surface area contributed by atoms with Crippen LogP contribution in [0.5, 0.6) is 0 Å². The lowest BCUT2D eigenvalue weighted by Crippen LogP contribution is -2.17. The van der Waals surface area contributed by atoms with E-state index < -0.39 is 10.7 Å². The summed E-state index contributed by atoms with van der Waals surface area (Å²) in [4.78, 5) is 34.3. The molecule has 0 aliphatic rings. The monoisotopic (exact) mass is 365 g/mol. The number of hydrogen-bond acceptors (Lipinski definition) is 5. The van der Waals surface area contributed by atoms with Gasteiger partial charge in [0.05, 0.1) is 16.5 Å². The van der Waals surface area contributed by atoms with Crippen molar-refractivity contribution in [2.75, 3.05) is 5.32 Å². The zero-order valence-electron chi connectivity index (χ0n) is 14.2. The van der Waals surface area contributed by atoms with E-state index in [1.807, 2.05) is 0 Å². The maximum absolute atomic E-state index is 12.1. The number of anilines is 1. The number of terminal acetylenes is 1. The summed E-state index contributed by atoms with van der Waals surface area (Å²) in [5.74, 6) is 1.67. The van der Waals surface area contributed by atoms with Gasteiger partial charge >= 0.3 is 5.76 Å². The zero-order valence-corrected chi connectivity index (χ0v) is 14.2. The normalized spacial score (nSPS) is 10.5. The minimum absolute atomic E-state index is 0.143. The first-order chi connectivity index (χ1) is 13.0. The number of non-ortho nitro benzene ring substituents is 1. The Morgan fingerprint density at radius 3 is 2.85 bits per heavy atom. The largest absolute Gasteiger partial charge is 0.419 e. The molecule has 0 atom stereocenters. The first-order valence-electron chi connectivity index (χ1n) is 8.12. The average molecular weight is 365 g/mol. The fourth-order valence-electron chi connectivity index (χ4n) is 2.69. The third kappa shape index (κ3) is 4.04. The number of hydrogen-bond donors (Lipinski definition) is 1. The number of nitro groups is 1. The quantitative estimate of drug-likeness (QED) is 0.410. The fourth-order valence-corrected chi connectivity index (χ4v) is 2.69. The minimum atomic E-state index is -0.618. The molecule has 8 heteroatoms. The second-order valence-electron chi connectivity index (χ2n) is 5.81. The Kier molecular flexibility index (Phi) is 5.04. The Hall–Kier alpha value is -3.86. The highest BCUT2D eigenvalue weighted by atomic mass is 16.6. The van der Waals surface area contributed by atoms with Crippen LogP contribution in [0.25, 0.3) is 11.1 Å². The number of amides is 1. The van der Waals surface area contributed by atoms with Crippen LogP contribution in [0.4, 0.5) is 11.4 Å². The van der Waals surface area contributed by atoms with Crippen molar-refractivity contribution in [3.05, 3.63) is 68.7 Å². The van der Waals surface area contributed by atoms with Gasteiger partial charge in [-0.2, -0.15) is 0 Å². The molecule has 0 aliphatic heterocycles. The maximum atomic E-state index is 12.1. The number of nitro benzene ring substituents is 1. The van der Waals surface area contributed by atoms with Gasteiger partial charge in [0, 0.05) is 30.3 Å². The second kappa shape index (κ2) is 7.58. The van der Waals surface area contributed by atoms with E-state index in [4.69, 9.17) is 10.8 Å². The van der Waals surface area contributed by atoms with Gasteiger partial charge in [0.15, 0.2) is 5.58 Å². The molecule has 0 bridgehead atoms. The van der Waals surface area contributed by atoms with E-state index in [1.54, 1.807) is 24.3 Å². The van der Waals surface area contributed by atoms with E-state index in [0.29, 0.717) is 23.2 Å². The van der Waals surface area contributed by atoms with Crippen molar-refractivity contribution in [2.45, 2.75) is 19.4 Å². The summed E-state index contributed by atoms with van der Waals surface area (Å²) in [6, 6.07) is 10.9. The number of oxazole rings is 1. The number of aromatic nitrogens is 1. The first kappa shape index (κ1) is 17.9. The molecule has 3 rings (SSSR count). The number of nitrogens with one attached hydrogen (secondary N) is 1. The summed E-state index contributed by atoms with van der Waals surface area (Å²) >= 11 is 0. The fraction of sp³-hybridized carbons (Fsp3) is 0.158. The van der Waals surface area contributed by atoms with Gasteiger partial charge in [0.1, 0.15) is 0 Å². The van der Waals surface area contributed by atoms with Crippen molar-refractivity contribution in [3.8, 4) is 12.3 Å². The van der Waals surface area contributed by atoms with E-state index in [0.717, 1.165) is 0 Å². The number of benzene rings is 2. The molecule has 27 heavy (non-hydrogen) atoms. The predicted octanol–water partition coefficient (Wildman–Crippen LogP) is 2.90. The molecule has 0 radical (unpaired) electrons. The van der Waals surface area contributed by atoms with Crippen molar-refractivity contribution in [1.82, 2.24) is 4.57 Å². The molecular formula is C19H15N3O5. The highest BCUT2D eigenvalue weighted by Gasteiger charge is 2.14. The van der Waals surface area contributed by atoms with Crippen LogP contribution in [0.3, 0.4) is 0 Å². The van der Waals surface area contributed by atoms with Gasteiger partial charge in [-0.1, -0.05) is 12.0 Å². The van der Waals surface area contributed by atoms with Crippen molar-refractivity contribution >= 4 is 28.4 Å². The van der Waals surface area contributed by atoms with Gasteiger partial charge in [-0.05, 0) is 30.7 Å². The maximum Gasteiger partial charge on any atom is 0.419 e. The first-order valence-corrected chi connectivity index (χ1v) is 8.12. The van der Waals surface area contributed by atoms with Crippen LogP contribution in [-0.4, -0.2) is 15.4 Å². The van der Waals surface area contributed by atoms with Crippen LogP contribution in [0, 0.1) is 22.5 Å². The second-order valence-corrected chi connectivity index (χ2v) is 5.81. The highest BCUT2D eigenvalue weighted by Crippen LogP contribution is 2.20. The number of carbonyl (C=O) groups excluding carboxylic acids is 1. The van der Waals surface area contributed by atoms with Gasteiger partial charge in [-0.15, -0.1) is 6.42 Å². The molecule has 8 nitrogen and oxygen atoms in total. The number of aryl methyl sites for hydroxylation is 1. The third-order valence-electron chi connectivity index (χ3n) is 3.96. The van der Waals surface area contributed by atoms with Gasteiger partial charge in [-0.3, -0.25) is 19.5 Å². The molecule has 0 spiro atoms. The molecule has 0 saturated heterocycles. The molecule has 0 fully saturated rings. The molecule has 2 aromatic carbocycles. The number of nitrogens with zero attached hydrogens (tertiary/aromatic N) is 2. The Morgan fingerprint density at radius 2 is 2.11 bits per heavy atom. The van der Waals surface area contributed by atoms with Crippen molar-refractivity contribution < 1.29 is 14.1 Å². The number of carbonyl (C=O) groups is 1. The van der Waals surface area contributed by atoms with Crippen LogP contribution >= 0.6 is 0 Å². The van der Waals surface area contributed by atoms with E-state index in [1.165, 1.54) is 22.8 Å². The van der Waals surface area contributed by atoms with Crippen LogP contribution in [0.1, 0.15) is 18.4 Å². The molecule has 0 saturated carbocycles. The van der Waals surface area contributed by atoms with Gasteiger partial charge in [-0.25, -0.2) is 4.79 Å². The van der Waals surface area contributed by atoms with Crippen LogP contribution in [-0.2, 0) is 11.3 Å². The topological polar surface area (TPSA) is 107 Å². The summed E-state index contributed by atoms with van der Waals surface area (Å²) in [5, 5.41) is 13.5. The smallest absolute Gasteiger partial charge is 0.407 e. The van der Waals surface area contributed by atoms with Gasteiger partial charge in [0.2, 0.25) is 5.91 Å². The molecule has 136 valence electrons. The highest BCUT2D eigenvalue weighted by molar-refractivity contribution is 5.90. The molecular weight excluding hydrogens is 350 g/mol. The minimum Gasteiger partial charge on any atom is -0.407 e. The summed E-state index contributed by atoms with van der Waals surface area (Å²) in [6.07, 6.45) is 5.91. The summed E-state index contributed by atoms with van der Waals surface area (Å²) in [6.45, 7) is 0.251. The molecule has 1 aromatic heterocycles. The van der Waals surface area contributed by atoms with E-state index in [2.05, 4.69) is 11.2 Å². The Balaban J connectivity index is 1.64. The van der Waals surface area contributed by atoms with Crippen molar-refractivity contribution in [2.24, 2.45) is 0 Å². The van der Waals surface area contributed by atoms with Crippen LogP contribution in [0.2, 0.25) is 0 Å². The molecule has 1 N–H and O–H groups in total. The number of fused-ring (bicyclic) bond motifs is 1. The predicted molar refractivity (Wildman–Crippen MR) is 99.4 cm³/mol. The summed E-state index contributed by atoms with van der Waals surface area (Å²) < 4.78 is 6.40. The standard InChI is InChI=1S/C19H15N3O5/c1-2-13-5-3-6-14(11-13)20-18(23)7-4-10-21-16-9-8-15(22(25)26)12-17(16)27-19(21)24/h1,3,5-6,8-9,11-12H,4,7,10H2,(H,20,23). The molecule has 0 aliphatic carbocycles. The van der Waals surface area contributed by atoms with Crippen LogP contribution < -0.4 is 11.1 Å². The Morgan fingerprint density at radius 1 is 1.30 bits per heavy atom. The average Bonchev–Trinajstić information content (AvgIpc) is 2.96.